The summed E-state index contributed by atoms with van der Waals surface area (Å²) in [6.45, 7) is 2.10. The van der Waals surface area contributed by atoms with Gasteiger partial charge < -0.3 is 4.98 Å². The lowest BCUT2D eigenvalue weighted by molar-refractivity contribution is 0.881. The van der Waals surface area contributed by atoms with Gasteiger partial charge in [-0.3, -0.25) is 4.79 Å². The second-order valence-electron chi connectivity index (χ2n) is 6.57. The largest absolute Gasteiger partial charge is 0.301 e. The van der Waals surface area contributed by atoms with Gasteiger partial charge >= 0.3 is 0 Å². The number of H-pyrrole nitrogens is 1. The van der Waals surface area contributed by atoms with E-state index in [0.29, 0.717) is 11.6 Å². The summed E-state index contributed by atoms with van der Waals surface area (Å²) in [5, 5.41) is 3.08. The van der Waals surface area contributed by atoms with Crippen molar-refractivity contribution in [2.45, 2.75) is 24.3 Å². The first-order valence-electron chi connectivity index (χ1n) is 8.93. The molecule has 1 N–H and O–H groups in total. The van der Waals surface area contributed by atoms with Crippen LogP contribution >= 0.6 is 11.8 Å². The van der Waals surface area contributed by atoms with Gasteiger partial charge in [0, 0.05) is 18.2 Å². The Labute approximate surface area is 162 Å². The molecule has 4 heteroatoms. The number of aromatic nitrogens is 2. The van der Waals surface area contributed by atoms with E-state index in [1.165, 1.54) is 27.5 Å². The Hall–Kier alpha value is -2.85. The average molecular weight is 372 g/mol. The van der Waals surface area contributed by atoms with Gasteiger partial charge in [0.05, 0.1) is 5.69 Å². The first-order chi connectivity index (χ1) is 13.2. The van der Waals surface area contributed by atoms with Crippen molar-refractivity contribution < 1.29 is 0 Å². The predicted octanol–water partition coefficient (Wildman–Crippen LogP) is 5.11. The van der Waals surface area contributed by atoms with Gasteiger partial charge in [0.2, 0.25) is 0 Å². The topological polar surface area (TPSA) is 45.8 Å². The van der Waals surface area contributed by atoms with E-state index < -0.39 is 0 Å². The summed E-state index contributed by atoms with van der Waals surface area (Å²) in [5.41, 5.74) is 4.37. The molecule has 0 unspecified atom stereocenters. The smallest absolute Gasteiger partial charge is 0.251 e. The van der Waals surface area contributed by atoms with Crippen LogP contribution in [0.4, 0.5) is 0 Å². The third kappa shape index (κ3) is 4.12. The molecule has 0 saturated carbocycles. The molecule has 0 bridgehead atoms. The van der Waals surface area contributed by atoms with Crippen molar-refractivity contribution in [1.82, 2.24) is 9.97 Å². The van der Waals surface area contributed by atoms with E-state index in [0.717, 1.165) is 11.4 Å². The number of nitrogens with zero attached hydrogens (tertiary/aromatic N) is 1. The van der Waals surface area contributed by atoms with Gasteiger partial charge in [-0.1, -0.05) is 78.5 Å². The van der Waals surface area contributed by atoms with Crippen molar-refractivity contribution in [2.24, 2.45) is 0 Å². The molecule has 0 radical (unpaired) electrons. The number of nitrogens with one attached hydrogen (secondary N) is 1. The zero-order valence-corrected chi connectivity index (χ0v) is 15.9. The number of aryl methyl sites for hydroxylation is 1. The van der Waals surface area contributed by atoms with E-state index in [1.54, 1.807) is 17.8 Å². The SMILES string of the molecule is Cc1ccccc1CSc1nc(Cc2cccc3ccccc23)cc(=O)[nH]1. The molecular weight excluding hydrogens is 352 g/mol. The standard InChI is InChI=1S/C23H20N2OS/c1-16-7-2-3-9-19(16)15-27-23-24-20(14-22(26)25-23)13-18-11-6-10-17-8-4-5-12-21(17)18/h2-12,14H,13,15H2,1H3,(H,24,25,26). The van der Waals surface area contributed by atoms with E-state index >= 15 is 0 Å². The molecule has 27 heavy (non-hydrogen) atoms. The van der Waals surface area contributed by atoms with Crippen molar-refractivity contribution >= 4 is 22.5 Å². The Balaban J connectivity index is 1.59. The molecule has 3 nitrogen and oxygen atoms in total. The minimum absolute atomic E-state index is 0.104. The fraction of sp³-hybridized carbons (Fsp3) is 0.130. The second-order valence-corrected chi connectivity index (χ2v) is 7.54. The molecule has 0 aliphatic carbocycles. The summed E-state index contributed by atoms with van der Waals surface area (Å²) >= 11 is 1.56. The van der Waals surface area contributed by atoms with Gasteiger partial charge in [-0.2, -0.15) is 0 Å². The number of aromatic amines is 1. The van der Waals surface area contributed by atoms with Gasteiger partial charge in [-0.05, 0) is 34.4 Å². The van der Waals surface area contributed by atoms with Crippen LogP contribution in [0.15, 0.2) is 82.7 Å². The lowest BCUT2D eigenvalue weighted by Gasteiger charge is -2.08. The van der Waals surface area contributed by atoms with Crippen LogP contribution in [0.25, 0.3) is 10.8 Å². The maximum atomic E-state index is 12.1. The van der Waals surface area contributed by atoms with Crippen LogP contribution in [0.2, 0.25) is 0 Å². The van der Waals surface area contributed by atoms with Crippen LogP contribution in [0.5, 0.6) is 0 Å². The second kappa shape index (κ2) is 7.80. The van der Waals surface area contributed by atoms with Gasteiger partial charge in [-0.25, -0.2) is 4.98 Å². The van der Waals surface area contributed by atoms with Crippen molar-refractivity contribution in [3.05, 3.63) is 106 Å². The molecule has 0 atom stereocenters. The highest BCUT2D eigenvalue weighted by Crippen LogP contribution is 2.23. The van der Waals surface area contributed by atoms with Crippen molar-refractivity contribution in [1.29, 1.82) is 0 Å². The summed E-state index contributed by atoms with van der Waals surface area (Å²) in [4.78, 5) is 19.7. The summed E-state index contributed by atoms with van der Waals surface area (Å²) in [6.07, 6.45) is 0.642. The first-order valence-corrected chi connectivity index (χ1v) is 9.92. The summed E-state index contributed by atoms with van der Waals surface area (Å²) in [7, 11) is 0. The zero-order chi connectivity index (χ0) is 18.6. The molecule has 4 aromatic rings. The van der Waals surface area contributed by atoms with Crippen LogP contribution < -0.4 is 5.56 Å². The highest BCUT2D eigenvalue weighted by atomic mass is 32.2. The average Bonchev–Trinajstić information content (AvgIpc) is 2.67. The first kappa shape index (κ1) is 17.6. The highest BCUT2D eigenvalue weighted by molar-refractivity contribution is 7.98. The molecule has 0 fully saturated rings. The Kier molecular flexibility index (Phi) is 5.07. The van der Waals surface area contributed by atoms with Crippen LogP contribution in [-0.2, 0) is 12.2 Å². The molecule has 3 aromatic carbocycles. The van der Waals surface area contributed by atoms with Crippen molar-refractivity contribution in [3.8, 4) is 0 Å². The number of fused-ring (bicyclic) bond motifs is 1. The fourth-order valence-corrected chi connectivity index (χ4v) is 4.17. The van der Waals surface area contributed by atoms with Gasteiger partial charge in [-0.15, -0.1) is 0 Å². The normalized spacial score (nSPS) is 11.0. The van der Waals surface area contributed by atoms with Crippen molar-refractivity contribution in [3.63, 3.8) is 0 Å². The number of benzene rings is 3. The Morgan fingerprint density at radius 3 is 2.56 bits per heavy atom. The number of thioether (sulfide) groups is 1. The Morgan fingerprint density at radius 1 is 0.926 bits per heavy atom. The molecule has 1 heterocycles. The Bertz CT molecular complexity index is 1140. The molecule has 1 aromatic heterocycles. The van der Waals surface area contributed by atoms with E-state index in [1.807, 2.05) is 24.3 Å². The highest BCUT2D eigenvalue weighted by Gasteiger charge is 2.07. The third-order valence-corrected chi connectivity index (χ3v) is 5.57. The lowest BCUT2D eigenvalue weighted by atomic mass is 10.0. The van der Waals surface area contributed by atoms with E-state index in [4.69, 9.17) is 0 Å². The van der Waals surface area contributed by atoms with Crippen LogP contribution in [0.1, 0.15) is 22.4 Å². The molecule has 134 valence electrons. The Morgan fingerprint density at radius 2 is 1.67 bits per heavy atom. The van der Waals surface area contributed by atoms with Crippen LogP contribution in [-0.4, -0.2) is 9.97 Å². The maximum absolute atomic E-state index is 12.1. The quantitative estimate of drug-likeness (QED) is 0.391. The molecule has 0 spiro atoms. The summed E-state index contributed by atoms with van der Waals surface area (Å²) < 4.78 is 0. The van der Waals surface area contributed by atoms with E-state index in [9.17, 15) is 4.79 Å². The van der Waals surface area contributed by atoms with Crippen LogP contribution in [0.3, 0.4) is 0 Å². The summed E-state index contributed by atoms with van der Waals surface area (Å²) in [6, 6.07) is 24.4. The molecule has 0 amide bonds. The molecule has 0 aliphatic rings. The monoisotopic (exact) mass is 372 g/mol. The van der Waals surface area contributed by atoms with Crippen molar-refractivity contribution in [2.75, 3.05) is 0 Å². The molecule has 0 saturated heterocycles. The minimum atomic E-state index is -0.104. The lowest BCUT2D eigenvalue weighted by Crippen LogP contribution is -2.10. The predicted molar refractivity (Wildman–Crippen MR) is 112 cm³/mol. The van der Waals surface area contributed by atoms with Gasteiger partial charge in [0.15, 0.2) is 5.16 Å². The number of hydrogen-bond acceptors (Lipinski definition) is 3. The van der Waals surface area contributed by atoms with E-state index in [-0.39, 0.29) is 5.56 Å². The fourth-order valence-electron chi connectivity index (χ4n) is 3.20. The maximum Gasteiger partial charge on any atom is 0.251 e. The molecule has 0 aliphatic heterocycles. The molecule has 4 rings (SSSR count). The number of hydrogen-bond donors (Lipinski definition) is 1. The van der Waals surface area contributed by atoms with Gasteiger partial charge in [0.25, 0.3) is 5.56 Å². The van der Waals surface area contributed by atoms with Gasteiger partial charge in [0.1, 0.15) is 0 Å². The zero-order valence-electron chi connectivity index (χ0n) is 15.1. The minimum Gasteiger partial charge on any atom is -0.301 e. The van der Waals surface area contributed by atoms with Crippen LogP contribution in [0, 0.1) is 6.92 Å². The van der Waals surface area contributed by atoms with E-state index in [2.05, 4.69) is 59.4 Å². The molecular formula is C23H20N2OS. The number of rotatable bonds is 5. The third-order valence-electron chi connectivity index (χ3n) is 4.65. The summed E-state index contributed by atoms with van der Waals surface area (Å²) in [5.74, 6) is 0.785.